The van der Waals surface area contributed by atoms with Crippen LogP contribution >= 0.6 is 31.9 Å². The summed E-state index contributed by atoms with van der Waals surface area (Å²) >= 11 is 6.58. The van der Waals surface area contributed by atoms with Gasteiger partial charge in [-0.25, -0.2) is 29.1 Å². The Kier molecular flexibility index (Phi) is 33.6. The number of alkyl carbamates (subject to hydrolysis) is 4. The molecule has 0 spiro atoms. The van der Waals surface area contributed by atoms with Gasteiger partial charge in [-0.3, -0.25) is 19.2 Å². The van der Waals surface area contributed by atoms with E-state index in [9.17, 15) is 38.4 Å². The molecule has 0 atom stereocenters. The number of hydrogen-bond acceptors (Lipinski definition) is 20. The maximum absolute atomic E-state index is 12.3. The molecule has 27 heteroatoms. The third-order valence-corrected chi connectivity index (χ3v) is 8.17. The fourth-order valence-corrected chi connectivity index (χ4v) is 5.31. The van der Waals surface area contributed by atoms with Crippen LogP contribution in [-0.4, -0.2) is 140 Å². The molecule has 2 aromatic heterocycles. The molecule has 0 bridgehead atoms. The Morgan fingerprint density at radius 3 is 1.30 bits per heavy atom. The van der Waals surface area contributed by atoms with Gasteiger partial charge in [0.15, 0.2) is 0 Å². The van der Waals surface area contributed by atoms with Crippen molar-refractivity contribution in [3.8, 4) is 0 Å². The molecule has 0 aliphatic carbocycles. The van der Waals surface area contributed by atoms with Gasteiger partial charge in [0, 0.05) is 47.4 Å². The molecule has 0 aliphatic heterocycles. The minimum absolute atomic E-state index is 0. The minimum Gasteiger partial charge on any atom is -0.466 e. The van der Waals surface area contributed by atoms with E-state index in [1.54, 1.807) is 108 Å². The monoisotopic (exact) mass is 1180 g/mol. The summed E-state index contributed by atoms with van der Waals surface area (Å²) in [6.45, 7) is 23.0. The van der Waals surface area contributed by atoms with E-state index >= 15 is 0 Å². The van der Waals surface area contributed by atoms with Gasteiger partial charge in [0.25, 0.3) is 6.47 Å². The van der Waals surface area contributed by atoms with Crippen LogP contribution in [0.2, 0.25) is 0 Å². The minimum atomic E-state index is -0.625. The largest absolute Gasteiger partial charge is 0.466 e. The standard InChI is InChI=1S/C23H36BrN5O7.C15H23BrN4O4.C8H15NO4.CH4/c1-22(2,3)35-20(32)26-9-7-17(30)29-16-13-15(24)14-28-19(16)25-11-12-34-18(31)8-10-27-21(33)36-23(4,5)6;1-15(2,3)24-14(22)19-5-4-12(21)23-7-6-18-13-11(17)8-10(16)9-20-13;1-8(2,3)13-7(11)9-4-5-12-6-10;/h13-14H,7-12H2,1-6H3,(H,25,28)(H,26,32)(H,27,33)(H,29,30);8-9H,4-7,17H2,1-3H3,(H,18,20)(H,19,22);6H,4-5H2,1-3H3,(H,9,11);1H4. The third-order valence-electron chi connectivity index (χ3n) is 7.30. The summed E-state index contributed by atoms with van der Waals surface area (Å²) < 4.78 is 36.2. The van der Waals surface area contributed by atoms with E-state index in [4.69, 9.17) is 34.2 Å². The number of hydrogen-bond donors (Lipinski definition) is 8. The zero-order valence-corrected chi connectivity index (χ0v) is 46.9. The quantitative estimate of drug-likeness (QED) is 0.0250. The highest BCUT2D eigenvalue weighted by Gasteiger charge is 2.19. The Bertz CT molecular complexity index is 2070. The smallest absolute Gasteiger partial charge is 0.407 e. The first-order valence-corrected chi connectivity index (χ1v) is 24.4. The molecule has 25 nitrogen and oxygen atoms in total. The molecule has 0 aromatic carbocycles. The van der Waals surface area contributed by atoms with Gasteiger partial charge < -0.3 is 76.1 Å². The topological polar surface area (TPSA) is 337 Å². The summed E-state index contributed by atoms with van der Waals surface area (Å²) in [4.78, 5) is 99.3. The van der Waals surface area contributed by atoms with Crippen LogP contribution in [0, 0.1) is 0 Å². The van der Waals surface area contributed by atoms with Gasteiger partial charge in [0.05, 0.1) is 43.9 Å². The molecule has 2 heterocycles. The predicted octanol–water partition coefficient (Wildman–Crippen LogP) is 7.18. The van der Waals surface area contributed by atoms with Gasteiger partial charge in [-0.1, -0.05) is 7.43 Å². The fraction of sp³-hybridized carbons (Fsp3) is 0.617. The molecule has 0 fully saturated rings. The molecule has 0 aliphatic rings. The number of pyridine rings is 2. The number of rotatable bonds is 22. The highest BCUT2D eigenvalue weighted by molar-refractivity contribution is 9.10. The lowest BCUT2D eigenvalue weighted by molar-refractivity contribution is -0.144. The first-order valence-electron chi connectivity index (χ1n) is 22.9. The normalized spacial score (nSPS) is 10.8. The summed E-state index contributed by atoms with van der Waals surface area (Å²) in [5.41, 5.74) is 4.38. The second-order valence-electron chi connectivity index (χ2n) is 18.9. The van der Waals surface area contributed by atoms with Crippen molar-refractivity contribution < 1.29 is 71.5 Å². The Hall–Kier alpha value is -6.38. The fourth-order valence-electron chi connectivity index (χ4n) is 4.63. The molecule has 0 saturated carbocycles. The second kappa shape index (κ2) is 35.7. The third kappa shape index (κ3) is 41.1. The highest BCUT2D eigenvalue weighted by atomic mass is 79.9. The zero-order chi connectivity index (χ0) is 55.8. The van der Waals surface area contributed by atoms with Crippen LogP contribution in [0.5, 0.6) is 0 Å². The van der Waals surface area contributed by atoms with Gasteiger partial charge in [-0.15, -0.1) is 0 Å². The molecule has 0 saturated heterocycles. The van der Waals surface area contributed by atoms with Crippen molar-refractivity contribution in [3.05, 3.63) is 33.5 Å². The van der Waals surface area contributed by atoms with Crippen LogP contribution in [-0.2, 0) is 52.3 Å². The summed E-state index contributed by atoms with van der Waals surface area (Å²) in [7, 11) is 0. The Labute approximate surface area is 450 Å². The van der Waals surface area contributed by atoms with Crippen molar-refractivity contribution in [1.29, 1.82) is 0 Å². The summed E-state index contributed by atoms with van der Waals surface area (Å²) in [6, 6.07) is 3.40. The number of carbonyl (C=O) groups excluding carboxylic acids is 8. The SMILES string of the molecule is C.CC(C)(C)OC(=O)NCCC(=O)Nc1cc(Br)cnc1NCCOC(=O)CCNC(=O)OC(C)(C)C.CC(C)(C)OC(=O)NCCC(=O)OCCNc1ncc(Br)cc1N.CC(C)(C)OC(=O)NCCOC=O. The number of nitrogens with two attached hydrogens (primary N) is 1. The van der Waals surface area contributed by atoms with Crippen LogP contribution in [0.25, 0.3) is 0 Å². The van der Waals surface area contributed by atoms with Crippen molar-refractivity contribution in [1.82, 2.24) is 31.2 Å². The second-order valence-corrected chi connectivity index (χ2v) is 20.7. The summed E-state index contributed by atoms with van der Waals surface area (Å²) in [5.74, 6) is -0.319. The van der Waals surface area contributed by atoms with Crippen molar-refractivity contribution in [2.75, 3.05) is 80.8 Å². The maximum atomic E-state index is 12.3. The number of nitrogens with one attached hydrogen (secondary N) is 7. The lowest BCUT2D eigenvalue weighted by Crippen LogP contribution is -2.34. The van der Waals surface area contributed by atoms with E-state index in [0.29, 0.717) is 40.5 Å². The number of carbonyl (C=O) groups is 8. The number of anilines is 4. The van der Waals surface area contributed by atoms with Crippen molar-refractivity contribution in [2.45, 2.75) is 132 Å². The van der Waals surface area contributed by atoms with Crippen molar-refractivity contribution in [3.63, 3.8) is 0 Å². The molecule has 9 N–H and O–H groups in total. The molecular formula is C47H78Br2N10O15. The first-order chi connectivity index (χ1) is 33.8. The lowest BCUT2D eigenvalue weighted by atomic mass is 10.2. The van der Waals surface area contributed by atoms with E-state index in [2.05, 4.69) is 83.8 Å². The molecule has 2 aromatic rings. The molecule has 2 rings (SSSR count). The molecule has 420 valence electrons. The van der Waals surface area contributed by atoms with Crippen LogP contribution in [0.4, 0.5) is 42.2 Å². The first kappa shape index (κ1) is 69.7. The molecule has 0 unspecified atom stereocenters. The van der Waals surface area contributed by atoms with Crippen LogP contribution in [0.1, 0.15) is 110 Å². The lowest BCUT2D eigenvalue weighted by Gasteiger charge is -2.19. The average Bonchev–Trinajstić information content (AvgIpc) is 3.22. The van der Waals surface area contributed by atoms with Crippen LogP contribution in [0.3, 0.4) is 0 Å². The number of aromatic nitrogens is 2. The molecular weight excluding hydrogens is 1100 g/mol. The number of nitrogens with zero attached hydrogens (tertiary/aromatic N) is 2. The van der Waals surface area contributed by atoms with Crippen molar-refractivity contribution in [2.24, 2.45) is 0 Å². The van der Waals surface area contributed by atoms with Gasteiger partial charge in [-0.05, 0) is 127 Å². The van der Waals surface area contributed by atoms with E-state index in [1.807, 2.05) is 0 Å². The molecule has 5 amide bonds. The van der Waals surface area contributed by atoms with E-state index in [-0.39, 0.29) is 85.1 Å². The predicted molar refractivity (Wildman–Crippen MR) is 285 cm³/mol. The number of ether oxygens (including phenoxy) is 7. The van der Waals surface area contributed by atoms with Gasteiger partial charge >= 0.3 is 36.3 Å². The van der Waals surface area contributed by atoms with E-state index in [1.165, 1.54) is 0 Å². The van der Waals surface area contributed by atoms with E-state index in [0.717, 1.165) is 4.47 Å². The maximum Gasteiger partial charge on any atom is 0.407 e. The van der Waals surface area contributed by atoms with Gasteiger partial charge in [0.2, 0.25) is 5.91 Å². The summed E-state index contributed by atoms with van der Waals surface area (Å²) in [5, 5.41) is 18.6. The molecule has 74 heavy (non-hydrogen) atoms. The number of amides is 5. The average molecular weight is 1180 g/mol. The number of nitrogen functional groups attached to an aromatic ring is 1. The Morgan fingerprint density at radius 1 is 0.541 bits per heavy atom. The van der Waals surface area contributed by atoms with E-state index < -0.39 is 58.7 Å². The number of esters is 2. The Morgan fingerprint density at radius 2 is 0.905 bits per heavy atom. The van der Waals surface area contributed by atoms with Crippen LogP contribution < -0.4 is 43.0 Å². The highest BCUT2D eigenvalue weighted by Crippen LogP contribution is 2.23. The van der Waals surface area contributed by atoms with Crippen LogP contribution in [0.15, 0.2) is 33.5 Å². The summed E-state index contributed by atoms with van der Waals surface area (Å²) in [6.07, 6.45) is 0.983. The Balaban J connectivity index is 0. The molecule has 0 radical (unpaired) electrons. The van der Waals surface area contributed by atoms with Gasteiger partial charge in [0.1, 0.15) is 53.9 Å². The van der Waals surface area contributed by atoms with Gasteiger partial charge in [-0.2, -0.15) is 0 Å². The zero-order valence-electron chi connectivity index (χ0n) is 43.7. The van der Waals surface area contributed by atoms with Crippen molar-refractivity contribution >= 4 is 104 Å². The number of halogens is 2.